The minimum Gasteiger partial charge on any atom is -0.462 e. The van der Waals surface area contributed by atoms with Gasteiger partial charge in [-0.1, -0.05) is 5.16 Å². The molecule has 0 unspecified atom stereocenters. The fourth-order valence-electron chi connectivity index (χ4n) is 2.96. The number of carbonyl (C=O) groups is 1. The Hall–Kier alpha value is -3.42. The molecule has 0 bridgehead atoms. The molecule has 8 nitrogen and oxygen atoms in total. The molecule has 0 N–H and O–H groups in total. The van der Waals surface area contributed by atoms with Crippen LogP contribution >= 0.6 is 0 Å². The van der Waals surface area contributed by atoms with Gasteiger partial charge in [0.2, 0.25) is 0 Å². The van der Waals surface area contributed by atoms with Crippen LogP contribution in [0.15, 0.2) is 41.4 Å². The Labute approximate surface area is 149 Å². The first kappa shape index (κ1) is 16.1. The maximum atomic E-state index is 11.8. The van der Waals surface area contributed by atoms with E-state index in [9.17, 15) is 4.79 Å². The van der Waals surface area contributed by atoms with Gasteiger partial charge in [-0.2, -0.15) is 10.2 Å². The molecule has 0 atom stereocenters. The number of aryl methyl sites for hydroxylation is 2. The molecule has 0 aromatic carbocycles. The van der Waals surface area contributed by atoms with E-state index in [0.717, 1.165) is 33.8 Å². The van der Waals surface area contributed by atoms with E-state index in [1.165, 1.54) is 6.20 Å². The number of hydrogen-bond donors (Lipinski definition) is 0. The van der Waals surface area contributed by atoms with Crippen LogP contribution in [-0.2, 0) is 4.74 Å². The van der Waals surface area contributed by atoms with Crippen molar-refractivity contribution in [1.82, 2.24) is 24.6 Å². The fraction of sp³-hybridized carbons (Fsp3) is 0.222. The molecule has 0 amide bonds. The van der Waals surface area contributed by atoms with Crippen LogP contribution in [0.4, 0.5) is 0 Å². The maximum Gasteiger partial charge on any atom is 0.341 e. The lowest BCUT2D eigenvalue weighted by Gasteiger charge is -2.04. The molecule has 0 saturated heterocycles. The number of rotatable bonds is 4. The molecule has 26 heavy (non-hydrogen) atoms. The second-order valence-electron chi connectivity index (χ2n) is 5.87. The molecular weight excluding hydrogens is 334 g/mol. The largest absolute Gasteiger partial charge is 0.462 e. The van der Waals surface area contributed by atoms with Crippen molar-refractivity contribution in [2.45, 2.75) is 20.8 Å². The number of fused-ring (bicyclic) bond motifs is 1. The second-order valence-corrected chi connectivity index (χ2v) is 5.87. The van der Waals surface area contributed by atoms with Crippen molar-refractivity contribution in [3.63, 3.8) is 0 Å². The number of pyridine rings is 1. The second kappa shape index (κ2) is 6.14. The van der Waals surface area contributed by atoms with Crippen molar-refractivity contribution in [2.24, 2.45) is 0 Å². The minimum atomic E-state index is -0.388. The summed E-state index contributed by atoms with van der Waals surface area (Å²) in [6.45, 7) is 5.87. The molecule has 0 aliphatic heterocycles. The Bertz CT molecular complexity index is 1090. The summed E-state index contributed by atoms with van der Waals surface area (Å²) in [5, 5.41) is 12.7. The molecule has 0 radical (unpaired) electrons. The van der Waals surface area contributed by atoms with Crippen LogP contribution in [0.3, 0.4) is 0 Å². The van der Waals surface area contributed by atoms with E-state index >= 15 is 0 Å². The Morgan fingerprint density at radius 1 is 1.27 bits per heavy atom. The molecule has 0 fully saturated rings. The highest BCUT2D eigenvalue weighted by Crippen LogP contribution is 2.31. The van der Waals surface area contributed by atoms with E-state index in [0.29, 0.717) is 12.2 Å². The van der Waals surface area contributed by atoms with Crippen LogP contribution in [0.1, 0.15) is 28.7 Å². The summed E-state index contributed by atoms with van der Waals surface area (Å²) >= 11 is 0. The number of hydrogen-bond acceptors (Lipinski definition) is 6. The van der Waals surface area contributed by atoms with E-state index in [4.69, 9.17) is 9.26 Å². The summed E-state index contributed by atoms with van der Waals surface area (Å²) in [6.07, 6.45) is 6.78. The number of aromatic nitrogens is 5. The SMILES string of the molecule is CCOC(=O)c1cnn(-c2ccn3ncc(-c4c(C)noc4C)c3c2)c1. The van der Waals surface area contributed by atoms with Gasteiger partial charge >= 0.3 is 5.97 Å². The summed E-state index contributed by atoms with van der Waals surface area (Å²) in [6, 6.07) is 3.83. The van der Waals surface area contributed by atoms with Crippen LogP contribution in [0, 0.1) is 13.8 Å². The molecule has 4 aromatic heterocycles. The zero-order valence-corrected chi connectivity index (χ0v) is 14.6. The van der Waals surface area contributed by atoms with Gasteiger partial charge in [0.15, 0.2) is 0 Å². The van der Waals surface area contributed by atoms with Gasteiger partial charge in [0.1, 0.15) is 5.76 Å². The minimum absolute atomic E-state index is 0.326. The smallest absolute Gasteiger partial charge is 0.341 e. The van der Waals surface area contributed by atoms with Crippen LogP contribution < -0.4 is 0 Å². The molecule has 0 aliphatic carbocycles. The van der Waals surface area contributed by atoms with Gasteiger partial charge in [-0.15, -0.1) is 0 Å². The number of carbonyl (C=O) groups excluding carboxylic acids is 1. The zero-order chi connectivity index (χ0) is 18.3. The van der Waals surface area contributed by atoms with Gasteiger partial charge in [0.25, 0.3) is 0 Å². The van der Waals surface area contributed by atoms with Crippen molar-refractivity contribution in [3.05, 3.63) is 53.9 Å². The summed E-state index contributed by atoms with van der Waals surface area (Å²) < 4.78 is 13.7. The normalized spacial score (nSPS) is 11.2. The van der Waals surface area contributed by atoms with Gasteiger partial charge in [0, 0.05) is 18.0 Å². The number of esters is 1. The summed E-state index contributed by atoms with van der Waals surface area (Å²) in [7, 11) is 0. The van der Waals surface area contributed by atoms with Gasteiger partial charge < -0.3 is 9.26 Å². The third-order valence-electron chi connectivity index (χ3n) is 4.17. The first-order valence-electron chi connectivity index (χ1n) is 8.21. The van der Waals surface area contributed by atoms with Crippen molar-refractivity contribution in [2.75, 3.05) is 6.61 Å². The lowest BCUT2D eigenvalue weighted by molar-refractivity contribution is 0.0526. The topological polar surface area (TPSA) is 87.5 Å². The van der Waals surface area contributed by atoms with Gasteiger partial charge in [-0.25, -0.2) is 14.0 Å². The number of nitrogens with zero attached hydrogens (tertiary/aromatic N) is 5. The van der Waals surface area contributed by atoms with Crippen LogP contribution in [-0.4, -0.2) is 37.1 Å². The van der Waals surface area contributed by atoms with E-state index in [2.05, 4.69) is 15.4 Å². The van der Waals surface area contributed by atoms with Crippen LogP contribution in [0.5, 0.6) is 0 Å². The molecule has 4 rings (SSSR count). The molecular formula is C18H17N5O3. The summed E-state index contributed by atoms with van der Waals surface area (Å²) in [4.78, 5) is 11.8. The van der Waals surface area contributed by atoms with E-state index in [1.54, 1.807) is 28.5 Å². The maximum absolute atomic E-state index is 11.8. The Balaban J connectivity index is 1.79. The molecule has 132 valence electrons. The fourth-order valence-corrected chi connectivity index (χ4v) is 2.96. The van der Waals surface area contributed by atoms with Gasteiger partial charge in [0.05, 0.1) is 47.0 Å². The van der Waals surface area contributed by atoms with Gasteiger partial charge in [-0.05, 0) is 32.9 Å². The standard InChI is InChI=1S/C18H17N5O3/c1-4-25-18(24)13-8-19-23(10-13)14-5-6-22-16(7-14)15(9-20-22)17-11(2)21-26-12(17)3/h5-10H,4H2,1-3H3. The van der Waals surface area contributed by atoms with Crippen LogP contribution in [0.25, 0.3) is 22.3 Å². The highest BCUT2D eigenvalue weighted by molar-refractivity contribution is 5.89. The molecule has 4 aromatic rings. The third kappa shape index (κ3) is 2.55. The molecule has 0 aliphatic rings. The molecule has 0 spiro atoms. The van der Waals surface area contributed by atoms with Gasteiger partial charge in [-0.3, -0.25) is 0 Å². The highest BCUT2D eigenvalue weighted by atomic mass is 16.5. The Morgan fingerprint density at radius 2 is 2.12 bits per heavy atom. The Kier molecular flexibility index (Phi) is 3.80. The number of ether oxygens (including phenoxy) is 1. The molecule has 8 heteroatoms. The lowest BCUT2D eigenvalue weighted by Crippen LogP contribution is -2.03. The van der Waals surface area contributed by atoms with Crippen LogP contribution in [0.2, 0.25) is 0 Å². The first-order chi connectivity index (χ1) is 12.6. The monoisotopic (exact) mass is 351 g/mol. The van der Waals surface area contributed by atoms with Crippen molar-refractivity contribution in [3.8, 4) is 16.8 Å². The quantitative estimate of drug-likeness (QED) is 0.525. The first-order valence-corrected chi connectivity index (χ1v) is 8.21. The predicted molar refractivity (Wildman–Crippen MR) is 93.2 cm³/mol. The lowest BCUT2D eigenvalue weighted by atomic mass is 10.1. The van der Waals surface area contributed by atoms with E-state index in [1.807, 2.05) is 32.2 Å². The molecule has 4 heterocycles. The Morgan fingerprint density at radius 3 is 2.85 bits per heavy atom. The summed E-state index contributed by atoms with van der Waals surface area (Å²) in [5.41, 5.74) is 4.79. The average molecular weight is 351 g/mol. The van der Waals surface area contributed by atoms with Crippen molar-refractivity contribution >= 4 is 11.5 Å². The van der Waals surface area contributed by atoms with E-state index < -0.39 is 0 Å². The van der Waals surface area contributed by atoms with Crippen molar-refractivity contribution in [1.29, 1.82) is 0 Å². The molecule has 0 saturated carbocycles. The summed E-state index contributed by atoms with van der Waals surface area (Å²) in [5.74, 6) is 0.354. The van der Waals surface area contributed by atoms with E-state index in [-0.39, 0.29) is 5.97 Å². The van der Waals surface area contributed by atoms with Crippen molar-refractivity contribution < 1.29 is 14.1 Å². The third-order valence-corrected chi connectivity index (χ3v) is 4.17. The predicted octanol–water partition coefficient (Wildman–Crippen LogP) is 2.97. The average Bonchev–Trinajstić information content (AvgIpc) is 3.34. The highest BCUT2D eigenvalue weighted by Gasteiger charge is 2.17. The zero-order valence-electron chi connectivity index (χ0n) is 14.6.